The minimum absolute atomic E-state index is 0.0947. The second kappa shape index (κ2) is 6.30. The van der Waals surface area contributed by atoms with E-state index in [2.05, 4.69) is 5.32 Å². The van der Waals surface area contributed by atoms with Gasteiger partial charge in [-0.15, -0.1) is 0 Å². The van der Waals surface area contributed by atoms with Gasteiger partial charge in [0.2, 0.25) is 0 Å². The van der Waals surface area contributed by atoms with Crippen LogP contribution in [0, 0.1) is 11.6 Å². The van der Waals surface area contributed by atoms with Crippen LogP contribution in [0.25, 0.3) is 0 Å². The molecule has 0 amide bonds. The Balaban J connectivity index is 2.44. The quantitative estimate of drug-likeness (QED) is 0.755. The van der Waals surface area contributed by atoms with Gasteiger partial charge in [0, 0.05) is 12.5 Å². The van der Waals surface area contributed by atoms with Crippen molar-refractivity contribution in [2.45, 2.75) is 25.8 Å². The molecule has 0 aliphatic heterocycles. The summed E-state index contributed by atoms with van der Waals surface area (Å²) in [6.07, 6.45) is 0.598. The van der Waals surface area contributed by atoms with Crippen LogP contribution < -0.4 is 5.32 Å². The third-order valence-electron chi connectivity index (χ3n) is 2.46. The summed E-state index contributed by atoms with van der Waals surface area (Å²) in [7, 11) is 0. The number of benzene rings is 1. The van der Waals surface area contributed by atoms with Crippen molar-refractivity contribution in [1.82, 2.24) is 5.32 Å². The van der Waals surface area contributed by atoms with Gasteiger partial charge in [0.25, 0.3) is 0 Å². The molecule has 5 heteroatoms. The predicted octanol–water partition coefficient (Wildman–Crippen LogP) is 2.48. The molecule has 0 aliphatic carbocycles. The van der Waals surface area contributed by atoms with Crippen molar-refractivity contribution in [1.29, 1.82) is 0 Å². The fraction of sp³-hybridized carbons (Fsp3) is 0.417. The Kier molecular flexibility index (Phi) is 5.03. The monoisotopic (exact) mass is 243 g/mol. The van der Waals surface area contributed by atoms with Crippen LogP contribution >= 0.6 is 0 Å². The maximum atomic E-state index is 13.0. The molecule has 1 unspecified atom stereocenters. The van der Waals surface area contributed by atoms with Gasteiger partial charge in [-0.25, -0.2) is 8.78 Å². The largest absolute Gasteiger partial charge is 0.481 e. The number of carbonyl (C=O) groups is 1. The Morgan fingerprint density at radius 2 is 2.12 bits per heavy atom. The van der Waals surface area contributed by atoms with E-state index in [1.165, 1.54) is 6.07 Å². The van der Waals surface area contributed by atoms with Gasteiger partial charge in [-0.1, -0.05) is 6.07 Å². The first-order valence-corrected chi connectivity index (χ1v) is 5.41. The Hall–Kier alpha value is -1.49. The number of nitrogens with one attached hydrogen (secondary N) is 1. The van der Waals surface area contributed by atoms with Crippen molar-refractivity contribution < 1.29 is 18.7 Å². The molecule has 2 N–H and O–H groups in total. The van der Waals surface area contributed by atoms with Crippen LogP contribution in [0.3, 0.4) is 0 Å². The third kappa shape index (κ3) is 4.48. The van der Waals surface area contributed by atoms with Crippen LogP contribution in [0.5, 0.6) is 0 Å². The van der Waals surface area contributed by atoms with E-state index in [-0.39, 0.29) is 12.5 Å². The highest BCUT2D eigenvalue weighted by Gasteiger charge is 2.08. The molecule has 0 saturated carbocycles. The first-order chi connectivity index (χ1) is 8.00. The summed E-state index contributed by atoms with van der Waals surface area (Å²) < 4.78 is 25.7. The van der Waals surface area contributed by atoms with Crippen molar-refractivity contribution in [2.75, 3.05) is 6.54 Å². The SMILES string of the molecule is CC(NCCCC(=O)O)c1ccc(F)c(F)c1. The molecule has 0 saturated heterocycles. The fourth-order valence-corrected chi connectivity index (χ4v) is 1.46. The standard InChI is InChI=1S/C12H15F2NO2/c1-8(15-6-2-3-12(16)17)9-4-5-10(13)11(14)7-9/h4-5,7-8,15H,2-3,6H2,1H3,(H,16,17). The molecule has 1 aromatic carbocycles. The zero-order chi connectivity index (χ0) is 12.8. The number of aliphatic carboxylic acids is 1. The molecule has 0 heterocycles. The molecule has 0 radical (unpaired) electrons. The van der Waals surface area contributed by atoms with E-state index in [1.54, 1.807) is 0 Å². The van der Waals surface area contributed by atoms with Crippen molar-refractivity contribution in [3.8, 4) is 0 Å². The lowest BCUT2D eigenvalue weighted by Gasteiger charge is -2.14. The Morgan fingerprint density at radius 3 is 2.71 bits per heavy atom. The first-order valence-electron chi connectivity index (χ1n) is 5.41. The normalized spacial score (nSPS) is 12.4. The van der Waals surface area contributed by atoms with E-state index in [9.17, 15) is 13.6 Å². The van der Waals surface area contributed by atoms with Crippen molar-refractivity contribution in [2.24, 2.45) is 0 Å². The minimum Gasteiger partial charge on any atom is -0.481 e. The highest BCUT2D eigenvalue weighted by Crippen LogP contribution is 2.15. The molecule has 1 rings (SSSR count). The van der Waals surface area contributed by atoms with Crippen LogP contribution in [-0.4, -0.2) is 17.6 Å². The van der Waals surface area contributed by atoms with Gasteiger partial charge in [-0.05, 0) is 37.6 Å². The Morgan fingerprint density at radius 1 is 1.41 bits per heavy atom. The van der Waals surface area contributed by atoms with Crippen LogP contribution in [0.1, 0.15) is 31.4 Å². The number of carboxylic acid groups (broad SMARTS) is 1. The van der Waals surface area contributed by atoms with Crippen LogP contribution in [0.15, 0.2) is 18.2 Å². The second-order valence-corrected chi connectivity index (χ2v) is 3.85. The molecule has 0 bridgehead atoms. The van der Waals surface area contributed by atoms with Gasteiger partial charge in [0.1, 0.15) is 0 Å². The summed E-state index contributed by atoms with van der Waals surface area (Å²) in [4.78, 5) is 10.3. The number of rotatable bonds is 6. The molecule has 94 valence electrons. The van der Waals surface area contributed by atoms with Crippen molar-refractivity contribution in [3.63, 3.8) is 0 Å². The van der Waals surface area contributed by atoms with Crippen LogP contribution in [0.2, 0.25) is 0 Å². The predicted molar refractivity (Wildman–Crippen MR) is 59.6 cm³/mol. The fourth-order valence-electron chi connectivity index (χ4n) is 1.46. The average molecular weight is 243 g/mol. The summed E-state index contributed by atoms with van der Waals surface area (Å²) in [5.74, 6) is -2.58. The Labute approximate surface area is 98.5 Å². The number of hydrogen-bond donors (Lipinski definition) is 2. The number of carboxylic acids is 1. The third-order valence-corrected chi connectivity index (χ3v) is 2.46. The molecule has 0 spiro atoms. The van der Waals surface area contributed by atoms with E-state index in [0.29, 0.717) is 18.5 Å². The number of halogens is 2. The summed E-state index contributed by atoms with van der Waals surface area (Å²) in [6.45, 7) is 2.33. The first kappa shape index (κ1) is 13.6. The molecule has 0 fully saturated rings. The van der Waals surface area contributed by atoms with Gasteiger partial charge >= 0.3 is 5.97 Å². The van der Waals surface area contributed by atoms with Gasteiger partial charge in [0.15, 0.2) is 11.6 Å². The zero-order valence-electron chi connectivity index (χ0n) is 9.54. The minimum atomic E-state index is -0.873. The molecule has 1 aromatic rings. The van der Waals surface area contributed by atoms with Crippen LogP contribution in [0.4, 0.5) is 8.78 Å². The highest BCUT2D eigenvalue weighted by molar-refractivity contribution is 5.66. The van der Waals surface area contributed by atoms with Gasteiger partial charge < -0.3 is 10.4 Å². The van der Waals surface area contributed by atoms with Gasteiger partial charge in [-0.3, -0.25) is 4.79 Å². The van der Waals surface area contributed by atoms with E-state index in [1.807, 2.05) is 6.92 Å². The molecular weight excluding hydrogens is 228 g/mol. The lowest BCUT2D eigenvalue weighted by Crippen LogP contribution is -2.20. The zero-order valence-corrected chi connectivity index (χ0v) is 9.54. The molecular formula is C12H15F2NO2. The van der Waals surface area contributed by atoms with E-state index >= 15 is 0 Å². The van der Waals surface area contributed by atoms with Gasteiger partial charge in [0.05, 0.1) is 0 Å². The number of hydrogen-bond acceptors (Lipinski definition) is 2. The summed E-state index contributed by atoms with van der Waals surface area (Å²) >= 11 is 0. The Bertz CT molecular complexity index is 396. The molecule has 1 atom stereocenters. The topological polar surface area (TPSA) is 49.3 Å². The highest BCUT2D eigenvalue weighted by atomic mass is 19.2. The summed E-state index contributed by atoms with van der Waals surface area (Å²) in [6, 6.07) is 3.59. The summed E-state index contributed by atoms with van der Waals surface area (Å²) in [5, 5.41) is 11.5. The van der Waals surface area contributed by atoms with E-state index in [0.717, 1.165) is 12.1 Å². The summed E-state index contributed by atoms with van der Waals surface area (Å²) in [5.41, 5.74) is 0.638. The van der Waals surface area contributed by atoms with Gasteiger partial charge in [-0.2, -0.15) is 0 Å². The smallest absolute Gasteiger partial charge is 0.303 e. The van der Waals surface area contributed by atoms with Crippen molar-refractivity contribution >= 4 is 5.97 Å². The second-order valence-electron chi connectivity index (χ2n) is 3.85. The average Bonchev–Trinajstić information content (AvgIpc) is 2.27. The lowest BCUT2D eigenvalue weighted by molar-refractivity contribution is -0.137. The van der Waals surface area contributed by atoms with Crippen LogP contribution in [-0.2, 0) is 4.79 Å². The van der Waals surface area contributed by atoms with Crippen molar-refractivity contribution in [3.05, 3.63) is 35.4 Å². The molecule has 17 heavy (non-hydrogen) atoms. The maximum Gasteiger partial charge on any atom is 0.303 e. The maximum absolute atomic E-state index is 13.0. The molecule has 0 aliphatic rings. The molecule has 3 nitrogen and oxygen atoms in total. The van der Waals surface area contributed by atoms with E-state index < -0.39 is 17.6 Å². The van der Waals surface area contributed by atoms with E-state index in [4.69, 9.17) is 5.11 Å². The lowest BCUT2D eigenvalue weighted by atomic mass is 10.1. The molecule has 0 aromatic heterocycles.